The van der Waals surface area contributed by atoms with Crippen LogP contribution in [0.25, 0.3) is 0 Å². The molecule has 0 rings (SSSR count). The van der Waals surface area contributed by atoms with Crippen LogP contribution >= 0.6 is 0 Å². The van der Waals surface area contributed by atoms with E-state index in [9.17, 15) is 4.79 Å². The maximum absolute atomic E-state index is 11.9. The molecule has 5 heteroatoms. The van der Waals surface area contributed by atoms with E-state index < -0.39 is 17.3 Å². The van der Waals surface area contributed by atoms with Crippen molar-refractivity contribution in [3.05, 3.63) is 0 Å². The maximum atomic E-state index is 11.9. The van der Waals surface area contributed by atoms with E-state index in [0.717, 1.165) is 0 Å². The molecular weight excluding hydrogens is 198 g/mol. The van der Waals surface area contributed by atoms with Crippen molar-refractivity contribution in [2.45, 2.75) is 41.1 Å². The summed E-state index contributed by atoms with van der Waals surface area (Å²) < 4.78 is 0. The van der Waals surface area contributed by atoms with Crippen LogP contribution in [0.15, 0.2) is 5.16 Å². The number of hydrogen-bond acceptors (Lipinski definition) is 5. The van der Waals surface area contributed by atoms with Crippen molar-refractivity contribution in [2.24, 2.45) is 16.0 Å². The van der Waals surface area contributed by atoms with Gasteiger partial charge < -0.3 is 15.1 Å². The fourth-order valence-corrected chi connectivity index (χ4v) is 1.24. The number of hydrogen-bond donors (Lipinski definition) is 2. The van der Waals surface area contributed by atoms with Gasteiger partial charge in [0.2, 0.25) is 0 Å². The predicted molar refractivity (Wildman–Crippen MR) is 56.0 cm³/mol. The molecule has 0 aliphatic heterocycles. The van der Waals surface area contributed by atoms with Crippen molar-refractivity contribution in [1.29, 1.82) is 0 Å². The van der Waals surface area contributed by atoms with E-state index >= 15 is 0 Å². The summed E-state index contributed by atoms with van der Waals surface area (Å²) in [6, 6.07) is 0. The van der Waals surface area contributed by atoms with Gasteiger partial charge in [0.15, 0.2) is 0 Å². The predicted octanol–water partition coefficient (Wildman–Crippen LogP) is 0.898. The Morgan fingerprint density at radius 2 is 1.73 bits per heavy atom. The van der Waals surface area contributed by atoms with E-state index in [1.807, 2.05) is 20.8 Å². The van der Waals surface area contributed by atoms with Crippen LogP contribution in [0.5, 0.6) is 0 Å². The van der Waals surface area contributed by atoms with Gasteiger partial charge in [-0.25, -0.2) is 0 Å². The third kappa shape index (κ3) is 4.90. The molecule has 0 unspecified atom stereocenters. The maximum Gasteiger partial charge on any atom is 0.334 e. The fraction of sp³-hybridized carbons (Fsp3) is 0.800. The van der Waals surface area contributed by atoms with Crippen LogP contribution in [0.2, 0.25) is 0 Å². The minimum atomic E-state index is -1.96. The number of Topliss-reactive ketones (excluding diaryl/α,β-unsaturated/α-hetero) is 1. The molecule has 0 amide bonds. The summed E-state index contributed by atoms with van der Waals surface area (Å²) in [4.78, 5) is 16.1. The average molecular weight is 217 g/mol. The molecule has 5 nitrogen and oxygen atoms in total. The first-order valence-corrected chi connectivity index (χ1v) is 4.69. The Balaban J connectivity index is 4.55. The first-order valence-electron chi connectivity index (χ1n) is 4.69. The number of nitrogens with zero attached hydrogens (tertiary/aromatic N) is 1. The number of oxime groups is 1. The summed E-state index contributed by atoms with van der Waals surface area (Å²) >= 11 is 0. The topological polar surface area (TPSA) is 79.1 Å². The van der Waals surface area contributed by atoms with Gasteiger partial charge in [0.25, 0.3) is 0 Å². The molecule has 0 atom stereocenters. The van der Waals surface area contributed by atoms with E-state index in [0.29, 0.717) is 0 Å². The van der Waals surface area contributed by atoms with Crippen LogP contribution in [-0.4, -0.2) is 28.7 Å². The summed E-state index contributed by atoms with van der Waals surface area (Å²) in [5.74, 6) is -0.00483. The number of aliphatic hydroxyl groups is 2. The highest BCUT2D eigenvalue weighted by molar-refractivity contribution is 6.01. The molecule has 0 bridgehead atoms. The fourth-order valence-electron chi connectivity index (χ4n) is 1.24. The highest BCUT2D eigenvalue weighted by atomic mass is 16.8. The van der Waals surface area contributed by atoms with Gasteiger partial charge in [-0.15, -0.1) is 0 Å². The van der Waals surface area contributed by atoms with Gasteiger partial charge in [-0.2, -0.15) is 0 Å². The summed E-state index contributed by atoms with van der Waals surface area (Å²) in [6.07, 6.45) is 1.26. The van der Waals surface area contributed by atoms with Gasteiger partial charge >= 0.3 is 6.48 Å². The number of rotatable bonds is 4. The first-order chi connectivity index (χ1) is 6.57. The highest BCUT2D eigenvalue weighted by Gasteiger charge is 2.34. The van der Waals surface area contributed by atoms with Crippen molar-refractivity contribution in [3.8, 4) is 0 Å². The second-order valence-electron chi connectivity index (χ2n) is 4.97. The average Bonchev–Trinajstić information content (AvgIpc) is 2.00. The van der Waals surface area contributed by atoms with Gasteiger partial charge in [-0.3, -0.25) is 4.79 Å². The Morgan fingerprint density at radius 1 is 1.27 bits per heavy atom. The molecule has 0 saturated heterocycles. The largest absolute Gasteiger partial charge is 0.336 e. The number of aliphatic hydroxyl groups excluding tert-OH is 1. The van der Waals surface area contributed by atoms with Crippen molar-refractivity contribution in [3.63, 3.8) is 0 Å². The van der Waals surface area contributed by atoms with E-state index in [1.54, 1.807) is 13.8 Å². The number of carbonyl (C=O) groups excluding carboxylic acids is 1. The SMILES string of the molecule is CC(C)(C)C(=O)C(C)(C)C=NOC(O)O. The molecule has 0 fully saturated rings. The lowest BCUT2D eigenvalue weighted by molar-refractivity contribution is -0.234. The minimum absolute atomic E-state index is 0.00483. The Labute approximate surface area is 89.7 Å². The van der Waals surface area contributed by atoms with Crippen molar-refractivity contribution in [2.75, 3.05) is 0 Å². The molecule has 88 valence electrons. The van der Waals surface area contributed by atoms with E-state index in [-0.39, 0.29) is 5.78 Å². The lowest BCUT2D eigenvalue weighted by Crippen LogP contribution is -2.36. The molecule has 0 heterocycles. The molecule has 0 spiro atoms. The third-order valence-electron chi connectivity index (χ3n) is 1.80. The van der Waals surface area contributed by atoms with Crippen molar-refractivity contribution in [1.82, 2.24) is 0 Å². The zero-order chi connectivity index (χ0) is 12.3. The highest BCUT2D eigenvalue weighted by Crippen LogP contribution is 2.27. The molecular formula is C10H19NO4. The molecule has 0 aromatic rings. The summed E-state index contributed by atoms with van der Waals surface area (Å²) in [7, 11) is 0. The van der Waals surface area contributed by atoms with Crippen molar-refractivity contribution < 1.29 is 19.8 Å². The van der Waals surface area contributed by atoms with Crippen LogP contribution in [0.1, 0.15) is 34.6 Å². The Hall–Kier alpha value is -0.940. The summed E-state index contributed by atoms with van der Waals surface area (Å²) in [5, 5.41) is 20.1. The lowest BCUT2D eigenvalue weighted by Gasteiger charge is -2.26. The Bertz CT molecular complexity index is 251. The van der Waals surface area contributed by atoms with Crippen LogP contribution in [0, 0.1) is 10.8 Å². The van der Waals surface area contributed by atoms with Crippen LogP contribution in [0.4, 0.5) is 0 Å². The molecule has 0 saturated carbocycles. The van der Waals surface area contributed by atoms with E-state index in [2.05, 4.69) is 9.99 Å². The molecule has 0 aromatic carbocycles. The van der Waals surface area contributed by atoms with E-state index in [1.165, 1.54) is 6.21 Å². The summed E-state index contributed by atoms with van der Waals surface area (Å²) in [5.41, 5.74) is -1.28. The molecule has 15 heavy (non-hydrogen) atoms. The molecule has 0 radical (unpaired) electrons. The van der Waals surface area contributed by atoms with Crippen molar-refractivity contribution >= 4 is 12.0 Å². The standard InChI is InChI=1S/C10H19NO4/c1-9(2,3)7(12)10(4,5)6-11-15-8(13)14/h6,8,13-14H,1-5H3. The van der Waals surface area contributed by atoms with Gasteiger partial charge in [0.1, 0.15) is 5.78 Å². The zero-order valence-corrected chi connectivity index (χ0v) is 9.81. The minimum Gasteiger partial charge on any atom is -0.336 e. The monoisotopic (exact) mass is 217 g/mol. The van der Waals surface area contributed by atoms with Gasteiger partial charge in [-0.05, 0) is 13.8 Å². The lowest BCUT2D eigenvalue weighted by atomic mass is 9.75. The second kappa shape index (κ2) is 4.72. The van der Waals surface area contributed by atoms with Crippen LogP contribution in [-0.2, 0) is 9.63 Å². The smallest absolute Gasteiger partial charge is 0.334 e. The number of ketones is 1. The number of carbonyl (C=O) groups is 1. The molecule has 2 N–H and O–H groups in total. The molecule has 0 aliphatic rings. The Morgan fingerprint density at radius 3 is 2.07 bits per heavy atom. The molecule has 0 aliphatic carbocycles. The van der Waals surface area contributed by atoms with Gasteiger partial charge in [-0.1, -0.05) is 25.9 Å². The van der Waals surface area contributed by atoms with E-state index in [4.69, 9.17) is 10.2 Å². The molecule has 0 aromatic heterocycles. The Kier molecular flexibility index (Phi) is 4.42. The van der Waals surface area contributed by atoms with Gasteiger partial charge in [0, 0.05) is 5.41 Å². The second-order valence-corrected chi connectivity index (χ2v) is 4.97. The quantitative estimate of drug-likeness (QED) is 0.416. The normalized spacial score (nSPS) is 13.6. The zero-order valence-electron chi connectivity index (χ0n) is 9.81. The first kappa shape index (κ1) is 14.1. The van der Waals surface area contributed by atoms with Crippen LogP contribution in [0.3, 0.4) is 0 Å². The third-order valence-corrected chi connectivity index (χ3v) is 1.80. The summed E-state index contributed by atoms with van der Waals surface area (Å²) in [6.45, 7) is 6.86. The van der Waals surface area contributed by atoms with Crippen LogP contribution < -0.4 is 0 Å². The van der Waals surface area contributed by atoms with Gasteiger partial charge in [0.05, 0.1) is 11.6 Å².